The normalized spacial score (nSPS) is 12.9. The molecule has 1 nitrogen and oxygen atoms in total. The van der Waals surface area contributed by atoms with E-state index >= 15 is 0 Å². The zero-order chi connectivity index (χ0) is 11.4. The maximum absolute atomic E-state index is 6.19. The number of benzene rings is 1. The van der Waals surface area contributed by atoms with Crippen molar-refractivity contribution in [2.45, 2.75) is 46.1 Å². The average molecular weight is 226 g/mol. The smallest absolute Gasteiger partial charge is 0.0440 e. The van der Waals surface area contributed by atoms with Crippen LogP contribution in [0, 0.1) is 13.8 Å². The molecule has 0 aliphatic heterocycles. The molecule has 0 amide bonds. The van der Waals surface area contributed by atoms with Gasteiger partial charge in [-0.15, -0.1) is 0 Å². The SMILES string of the molecule is Cc1cc(Cl)c(CCCC(C)N)cc1C. The van der Waals surface area contributed by atoms with Crippen LogP contribution in [0.3, 0.4) is 0 Å². The second-order valence-corrected chi connectivity index (χ2v) is 4.80. The molecule has 1 rings (SSSR count). The molecule has 0 aliphatic rings. The van der Waals surface area contributed by atoms with Gasteiger partial charge in [-0.05, 0) is 62.8 Å². The van der Waals surface area contributed by atoms with Gasteiger partial charge in [0.15, 0.2) is 0 Å². The first-order valence-electron chi connectivity index (χ1n) is 5.52. The summed E-state index contributed by atoms with van der Waals surface area (Å²) < 4.78 is 0. The molecule has 0 saturated heterocycles. The lowest BCUT2D eigenvalue weighted by Gasteiger charge is -2.09. The Morgan fingerprint density at radius 1 is 1.27 bits per heavy atom. The summed E-state index contributed by atoms with van der Waals surface area (Å²) in [6.45, 7) is 6.26. The summed E-state index contributed by atoms with van der Waals surface area (Å²) in [5.74, 6) is 0. The van der Waals surface area contributed by atoms with Gasteiger partial charge in [0.1, 0.15) is 0 Å². The number of rotatable bonds is 4. The van der Waals surface area contributed by atoms with Crippen molar-refractivity contribution < 1.29 is 0 Å². The van der Waals surface area contributed by atoms with E-state index in [0.29, 0.717) is 0 Å². The Hall–Kier alpha value is -0.530. The third-order valence-corrected chi connectivity index (χ3v) is 3.12. The molecule has 2 N–H and O–H groups in total. The molecule has 0 aromatic heterocycles. The Morgan fingerprint density at radius 2 is 1.87 bits per heavy atom. The Balaban J connectivity index is 2.65. The summed E-state index contributed by atoms with van der Waals surface area (Å²) in [7, 11) is 0. The van der Waals surface area contributed by atoms with Crippen LogP contribution < -0.4 is 5.73 Å². The predicted octanol–water partition coefficient (Wildman–Crippen LogP) is 3.63. The lowest BCUT2D eigenvalue weighted by atomic mass is 10.0. The van der Waals surface area contributed by atoms with Crippen LogP contribution in [0.4, 0.5) is 0 Å². The summed E-state index contributed by atoms with van der Waals surface area (Å²) in [5, 5.41) is 0.891. The molecule has 0 radical (unpaired) electrons. The minimum atomic E-state index is 0.287. The number of hydrogen-bond acceptors (Lipinski definition) is 1. The maximum Gasteiger partial charge on any atom is 0.0440 e. The van der Waals surface area contributed by atoms with Crippen LogP contribution >= 0.6 is 11.6 Å². The van der Waals surface area contributed by atoms with E-state index in [9.17, 15) is 0 Å². The predicted molar refractivity (Wildman–Crippen MR) is 67.5 cm³/mol. The summed E-state index contributed by atoms with van der Waals surface area (Å²) in [4.78, 5) is 0. The molecule has 1 aromatic rings. The van der Waals surface area contributed by atoms with E-state index in [4.69, 9.17) is 17.3 Å². The van der Waals surface area contributed by atoms with Gasteiger partial charge in [-0.1, -0.05) is 17.7 Å². The standard InChI is InChI=1S/C13H20ClN/c1-9-7-12(6-4-5-11(3)15)13(14)8-10(9)2/h7-8,11H,4-6,15H2,1-3H3. The van der Waals surface area contributed by atoms with Gasteiger partial charge in [-0.2, -0.15) is 0 Å². The van der Waals surface area contributed by atoms with E-state index in [2.05, 4.69) is 26.0 Å². The fourth-order valence-corrected chi connectivity index (χ4v) is 1.96. The van der Waals surface area contributed by atoms with Gasteiger partial charge in [0, 0.05) is 11.1 Å². The molecule has 0 bridgehead atoms. The number of aryl methyl sites for hydroxylation is 3. The van der Waals surface area contributed by atoms with Crippen molar-refractivity contribution in [2.75, 3.05) is 0 Å². The molecule has 84 valence electrons. The van der Waals surface area contributed by atoms with Crippen molar-refractivity contribution in [2.24, 2.45) is 5.73 Å². The Bertz CT molecular complexity index is 332. The topological polar surface area (TPSA) is 26.0 Å². The van der Waals surface area contributed by atoms with E-state index in [0.717, 1.165) is 24.3 Å². The van der Waals surface area contributed by atoms with Gasteiger partial charge in [-0.3, -0.25) is 0 Å². The summed E-state index contributed by atoms with van der Waals surface area (Å²) in [6.07, 6.45) is 3.20. The zero-order valence-electron chi connectivity index (χ0n) is 9.81. The van der Waals surface area contributed by atoms with E-state index < -0.39 is 0 Å². The quantitative estimate of drug-likeness (QED) is 0.832. The molecule has 0 saturated carbocycles. The molecule has 0 heterocycles. The van der Waals surface area contributed by atoms with E-state index in [-0.39, 0.29) is 6.04 Å². The number of hydrogen-bond donors (Lipinski definition) is 1. The van der Waals surface area contributed by atoms with Crippen LogP contribution in [0.5, 0.6) is 0 Å². The highest BCUT2D eigenvalue weighted by Gasteiger charge is 2.04. The number of halogens is 1. The van der Waals surface area contributed by atoms with Gasteiger partial charge in [0.05, 0.1) is 0 Å². The third kappa shape index (κ3) is 3.84. The molecular formula is C13H20ClN. The highest BCUT2D eigenvalue weighted by atomic mass is 35.5. The van der Waals surface area contributed by atoms with E-state index in [1.807, 2.05) is 6.92 Å². The van der Waals surface area contributed by atoms with Crippen molar-refractivity contribution in [3.63, 3.8) is 0 Å². The summed E-state index contributed by atoms with van der Waals surface area (Å²) in [5.41, 5.74) is 9.54. The summed E-state index contributed by atoms with van der Waals surface area (Å²) >= 11 is 6.19. The van der Waals surface area contributed by atoms with Gasteiger partial charge in [0.2, 0.25) is 0 Å². The van der Waals surface area contributed by atoms with Crippen molar-refractivity contribution in [3.8, 4) is 0 Å². The first-order valence-corrected chi connectivity index (χ1v) is 5.89. The molecule has 0 spiro atoms. The molecule has 1 unspecified atom stereocenters. The molecule has 1 aromatic carbocycles. The Labute approximate surface area is 97.6 Å². The monoisotopic (exact) mass is 225 g/mol. The van der Waals surface area contributed by atoms with Crippen molar-refractivity contribution >= 4 is 11.6 Å². The van der Waals surface area contributed by atoms with Gasteiger partial charge >= 0.3 is 0 Å². The van der Waals surface area contributed by atoms with E-state index in [1.54, 1.807) is 0 Å². The molecule has 0 aliphatic carbocycles. The van der Waals surface area contributed by atoms with Crippen LogP contribution in [0.1, 0.15) is 36.5 Å². The zero-order valence-corrected chi connectivity index (χ0v) is 10.6. The van der Waals surface area contributed by atoms with Crippen LogP contribution in [-0.4, -0.2) is 6.04 Å². The third-order valence-electron chi connectivity index (χ3n) is 2.77. The lowest BCUT2D eigenvalue weighted by molar-refractivity contribution is 0.624. The molecule has 0 fully saturated rings. The Kier molecular flexibility index (Phi) is 4.62. The van der Waals surface area contributed by atoms with Crippen LogP contribution in [0.25, 0.3) is 0 Å². The van der Waals surface area contributed by atoms with E-state index in [1.165, 1.54) is 16.7 Å². The van der Waals surface area contributed by atoms with Gasteiger partial charge < -0.3 is 5.73 Å². The first-order chi connectivity index (χ1) is 7.00. The van der Waals surface area contributed by atoms with Crippen LogP contribution in [-0.2, 0) is 6.42 Å². The molecule has 1 atom stereocenters. The van der Waals surface area contributed by atoms with Gasteiger partial charge in [-0.25, -0.2) is 0 Å². The van der Waals surface area contributed by atoms with Crippen LogP contribution in [0.2, 0.25) is 5.02 Å². The fraction of sp³-hybridized carbons (Fsp3) is 0.538. The Morgan fingerprint density at radius 3 is 2.47 bits per heavy atom. The largest absolute Gasteiger partial charge is 0.328 e. The second kappa shape index (κ2) is 5.53. The average Bonchev–Trinajstić information content (AvgIpc) is 2.13. The summed E-state index contributed by atoms with van der Waals surface area (Å²) in [6, 6.07) is 4.53. The second-order valence-electron chi connectivity index (χ2n) is 4.40. The number of nitrogens with two attached hydrogens (primary N) is 1. The van der Waals surface area contributed by atoms with Crippen molar-refractivity contribution in [1.82, 2.24) is 0 Å². The molecule has 15 heavy (non-hydrogen) atoms. The van der Waals surface area contributed by atoms with Crippen molar-refractivity contribution in [3.05, 3.63) is 33.8 Å². The maximum atomic E-state index is 6.19. The van der Waals surface area contributed by atoms with Gasteiger partial charge in [0.25, 0.3) is 0 Å². The minimum absolute atomic E-state index is 0.287. The fourth-order valence-electron chi connectivity index (χ4n) is 1.65. The van der Waals surface area contributed by atoms with Crippen LogP contribution in [0.15, 0.2) is 12.1 Å². The van der Waals surface area contributed by atoms with Crippen molar-refractivity contribution in [1.29, 1.82) is 0 Å². The minimum Gasteiger partial charge on any atom is -0.328 e. The highest BCUT2D eigenvalue weighted by molar-refractivity contribution is 6.31. The highest BCUT2D eigenvalue weighted by Crippen LogP contribution is 2.22. The molecular weight excluding hydrogens is 206 g/mol. The lowest BCUT2D eigenvalue weighted by Crippen LogP contribution is -2.14. The first kappa shape index (κ1) is 12.5. The molecule has 2 heteroatoms.